The third kappa shape index (κ3) is 2.84. The van der Waals surface area contributed by atoms with Crippen molar-refractivity contribution in [3.05, 3.63) is 75.3 Å². The molecule has 0 saturated carbocycles. The number of rotatable bonds is 3. The van der Waals surface area contributed by atoms with Crippen LogP contribution in [0.15, 0.2) is 53.6 Å². The van der Waals surface area contributed by atoms with E-state index in [2.05, 4.69) is 10.5 Å². The van der Waals surface area contributed by atoms with Crippen molar-refractivity contribution in [2.75, 3.05) is 0 Å². The van der Waals surface area contributed by atoms with Gasteiger partial charge < -0.3 is 0 Å². The Balaban J connectivity index is 1.77. The third-order valence-corrected chi connectivity index (χ3v) is 3.50. The molecular weight excluding hydrogens is 298 g/mol. The summed E-state index contributed by atoms with van der Waals surface area (Å²) < 4.78 is 0. The molecule has 0 aliphatic heterocycles. The van der Waals surface area contributed by atoms with Gasteiger partial charge >= 0.3 is 0 Å². The molecule has 7 heteroatoms. The minimum absolute atomic E-state index is 0.0380. The van der Waals surface area contributed by atoms with E-state index in [1.807, 2.05) is 0 Å². The van der Waals surface area contributed by atoms with E-state index < -0.39 is 10.8 Å². The Bertz CT molecular complexity index is 841. The highest BCUT2D eigenvalue weighted by molar-refractivity contribution is 6.26. The van der Waals surface area contributed by atoms with E-state index in [4.69, 9.17) is 0 Å². The highest BCUT2D eigenvalue weighted by Crippen LogP contribution is 2.22. The number of nitro benzene ring substituents is 1. The van der Waals surface area contributed by atoms with Crippen LogP contribution in [0.3, 0.4) is 0 Å². The van der Waals surface area contributed by atoms with E-state index >= 15 is 0 Å². The largest absolute Gasteiger partial charge is 0.294 e. The lowest BCUT2D eigenvalue weighted by Crippen LogP contribution is -2.19. The van der Waals surface area contributed by atoms with Gasteiger partial charge in [-0.1, -0.05) is 24.3 Å². The Morgan fingerprint density at radius 2 is 1.74 bits per heavy atom. The SMILES string of the molecule is O=C(N/N=C1/CC(=O)c2ccccc21)c1ccc([N+](=O)[O-])cc1. The Morgan fingerprint density at radius 3 is 2.39 bits per heavy atom. The van der Waals surface area contributed by atoms with Crippen molar-refractivity contribution in [2.24, 2.45) is 5.10 Å². The van der Waals surface area contributed by atoms with Gasteiger partial charge in [0.15, 0.2) is 5.78 Å². The number of carbonyl (C=O) groups is 2. The van der Waals surface area contributed by atoms with Crippen molar-refractivity contribution < 1.29 is 14.5 Å². The Morgan fingerprint density at radius 1 is 1.09 bits per heavy atom. The van der Waals surface area contributed by atoms with Crippen LogP contribution in [0.5, 0.6) is 0 Å². The van der Waals surface area contributed by atoms with Gasteiger partial charge in [0, 0.05) is 28.8 Å². The first-order valence-electron chi connectivity index (χ1n) is 6.80. The minimum Gasteiger partial charge on any atom is -0.294 e. The number of hydrogen-bond acceptors (Lipinski definition) is 5. The lowest BCUT2D eigenvalue weighted by atomic mass is 10.1. The molecule has 0 radical (unpaired) electrons. The van der Waals surface area contributed by atoms with Gasteiger partial charge in [0.1, 0.15) is 0 Å². The number of carbonyl (C=O) groups excluding carboxylic acids is 2. The Hall–Kier alpha value is -3.35. The summed E-state index contributed by atoms with van der Waals surface area (Å²) in [7, 11) is 0. The number of nitrogens with zero attached hydrogens (tertiary/aromatic N) is 2. The predicted molar refractivity (Wildman–Crippen MR) is 82.5 cm³/mol. The number of fused-ring (bicyclic) bond motifs is 1. The molecule has 7 nitrogen and oxygen atoms in total. The van der Waals surface area contributed by atoms with E-state index in [1.165, 1.54) is 24.3 Å². The molecule has 23 heavy (non-hydrogen) atoms. The highest BCUT2D eigenvalue weighted by Gasteiger charge is 2.25. The number of non-ortho nitro benzene ring substituents is 1. The number of Topliss-reactive ketones (excluding diaryl/α,β-unsaturated/α-hetero) is 1. The monoisotopic (exact) mass is 309 g/mol. The van der Waals surface area contributed by atoms with Gasteiger partial charge in [-0.15, -0.1) is 0 Å². The van der Waals surface area contributed by atoms with Crippen LogP contribution in [0.25, 0.3) is 0 Å². The molecule has 2 aromatic rings. The van der Waals surface area contributed by atoms with Crippen LogP contribution in [-0.2, 0) is 0 Å². The Kier molecular flexibility index (Phi) is 3.68. The smallest absolute Gasteiger partial charge is 0.271 e. The number of hydrazone groups is 1. The standard InChI is InChI=1S/C16H11N3O4/c20-15-9-14(12-3-1-2-4-13(12)15)17-18-16(21)10-5-7-11(8-6-10)19(22)23/h1-8H,9H2,(H,18,21)/b17-14-. The summed E-state index contributed by atoms with van der Waals surface area (Å²) in [5, 5.41) is 14.6. The van der Waals surface area contributed by atoms with Crippen LogP contribution < -0.4 is 5.43 Å². The summed E-state index contributed by atoms with van der Waals surface area (Å²) >= 11 is 0. The Labute approximate surface area is 130 Å². The van der Waals surface area contributed by atoms with Crippen LogP contribution >= 0.6 is 0 Å². The average Bonchev–Trinajstić information content (AvgIpc) is 2.89. The van der Waals surface area contributed by atoms with E-state index in [9.17, 15) is 19.7 Å². The number of ketones is 1. The molecular formula is C16H11N3O4. The van der Waals surface area contributed by atoms with Crippen molar-refractivity contribution in [1.82, 2.24) is 5.43 Å². The van der Waals surface area contributed by atoms with Gasteiger partial charge in [0.05, 0.1) is 17.1 Å². The van der Waals surface area contributed by atoms with Crippen molar-refractivity contribution in [3.63, 3.8) is 0 Å². The first-order valence-corrected chi connectivity index (χ1v) is 6.80. The fourth-order valence-corrected chi connectivity index (χ4v) is 2.34. The van der Waals surface area contributed by atoms with Crippen molar-refractivity contribution in [1.29, 1.82) is 0 Å². The van der Waals surface area contributed by atoms with Gasteiger partial charge in [-0.3, -0.25) is 19.7 Å². The number of benzene rings is 2. The molecule has 0 bridgehead atoms. The van der Waals surface area contributed by atoms with Crippen LogP contribution in [0.4, 0.5) is 5.69 Å². The minimum atomic E-state index is -0.539. The predicted octanol–water partition coefficient (Wildman–Crippen LogP) is 2.32. The maximum Gasteiger partial charge on any atom is 0.271 e. The molecule has 0 spiro atoms. The van der Waals surface area contributed by atoms with Crippen molar-refractivity contribution in [2.45, 2.75) is 6.42 Å². The number of nitro groups is 1. The molecule has 0 fully saturated rings. The summed E-state index contributed by atoms with van der Waals surface area (Å²) in [5.74, 6) is -0.534. The first-order chi connectivity index (χ1) is 11.1. The van der Waals surface area contributed by atoms with Crippen LogP contribution in [-0.4, -0.2) is 22.3 Å². The second-order valence-electron chi connectivity index (χ2n) is 4.95. The molecule has 0 unspecified atom stereocenters. The second kappa shape index (κ2) is 5.80. The van der Waals surface area contributed by atoms with Crippen molar-refractivity contribution in [3.8, 4) is 0 Å². The number of hydrogen-bond donors (Lipinski definition) is 1. The van der Waals surface area contributed by atoms with Crippen LogP contribution in [0, 0.1) is 10.1 Å². The van der Waals surface area contributed by atoms with Crippen molar-refractivity contribution >= 4 is 23.1 Å². The van der Waals surface area contributed by atoms with Gasteiger partial charge in [0.25, 0.3) is 11.6 Å². The lowest BCUT2D eigenvalue weighted by molar-refractivity contribution is -0.384. The number of amides is 1. The fraction of sp³-hybridized carbons (Fsp3) is 0.0625. The third-order valence-electron chi connectivity index (χ3n) is 3.50. The summed E-state index contributed by atoms with van der Waals surface area (Å²) in [6.45, 7) is 0. The zero-order valence-electron chi connectivity index (χ0n) is 11.9. The topological polar surface area (TPSA) is 102 Å². The molecule has 114 valence electrons. The molecule has 3 rings (SSSR count). The van der Waals surface area contributed by atoms with Crippen LogP contribution in [0.2, 0.25) is 0 Å². The van der Waals surface area contributed by atoms with Gasteiger partial charge in [0.2, 0.25) is 0 Å². The van der Waals surface area contributed by atoms with E-state index in [1.54, 1.807) is 24.3 Å². The molecule has 1 aliphatic rings. The molecule has 1 aliphatic carbocycles. The van der Waals surface area contributed by atoms with E-state index in [0.717, 1.165) is 0 Å². The second-order valence-corrected chi connectivity index (χ2v) is 4.95. The first kappa shape index (κ1) is 14.6. The van der Waals surface area contributed by atoms with Crippen LogP contribution in [0.1, 0.15) is 32.7 Å². The summed E-state index contributed by atoms with van der Waals surface area (Å²) in [5.41, 5.74) is 4.34. The normalized spacial score (nSPS) is 14.6. The molecule has 2 aromatic carbocycles. The molecule has 0 aromatic heterocycles. The van der Waals surface area contributed by atoms with E-state index in [-0.39, 0.29) is 23.5 Å². The maximum absolute atomic E-state index is 12.0. The molecule has 0 saturated heterocycles. The average molecular weight is 309 g/mol. The number of nitrogens with one attached hydrogen (secondary N) is 1. The zero-order valence-corrected chi connectivity index (χ0v) is 11.9. The van der Waals surface area contributed by atoms with E-state index in [0.29, 0.717) is 16.8 Å². The van der Waals surface area contributed by atoms with Gasteiger partial charge in [-0.2, -0.15) is 5.10 Å². The summed E-state index contributed by atoms with van der Waals surface area (Å²) in [4.78, 5) is 33.9. The maximum atomic E-state index is 12.0. The zero-order chi connectivity index (χ0) is 16.4. The summed E-state index contributed by atoms with van der Waals surface area (Å²) in [6, 6.07) is 12.3. The molecule has 0 heterocycles. The summed E-state index contributed by atoms with van der Waals surface area (Å²) in [6.07, 6.45) is 0.139. The molecule has 1 N–H and O–H groups in total. The lowest BCUT2D eigenvalue weighted by Gasteiger charge is -2.02. The van der Waals surface area contributed by atoms with Gasteiger partial charge in [-0.05, 0) is 12.1 Å². The molecule has 0 atom stereocenters. The fourth-order valence-electron chi connectivity index (χ4n) is 2.34. The van der Waals surface area contributed by atoms with Gasteiger partial charge in [-0.25, -0.2) is 5.43 Å². The quantitative estimate of drug-likeness (QED) is 0.694. The molecule has 1 amide bonds. The highest BCUT2D eigenvalue weighted by atomic mass is 16.6.